The van der Waals surface area contributed by atoms with E-state index < -0.39 is 0 Å². The van der Waals surface area contributed by atoms with E-state index in [4.69, 9.17) is 5.11 Å². The summed E-state index contributed by atoms with van der Waals surface area (Å²) in [5.41, 5.74) is 1.88. The standard InChI is InChI=1S/C16H22N2O2/c1-12(2)17-16(20)18-13(3)15-9-6-8-14(11-15)7-4-5-10-19/h6,8-9,11-13,19H,5,10H2,1-3H3,(H2,17,18,20). The number of amides is 2. The number of benzene rings is 1. The highest BCUT2D eigenvalue weighted by Crippen LogP contribution is 2.13. The van der Waals surface area contributed by atoms with Crippen LogP contribution in [0.4, 0.5) is 4.79 Å². The summed E-state index contributed by atoms with van der Waals surface area (Å²) < 4.78 is 0. The van der Waals surface area contributed by atoms with Gasteiger partial charge in [-0.2, -0.15) is 0 Å². The maximum atomic E-state index is 11.7. The summed E-state index contributed by atoms with van der Waals surface area (Å²) in [5.74, 6) is 5.87. The summed E-state index contributed by atoms with van der Waals surface area (Å²) in [5, 5.41) is 14.4. The quantitative estimate of drug-likeness (QED) is 0.737. The Morgan fingerprint density at radius 3 is 2.70 bits per heavy atom. The molecule has 4 heteroatoms. The molecule has 20 heavy (non-hydrogen) atoms. The van der Waals surface area contributed by atoms with Gasteiger partial charge in [0.2, 0.25) is 0 Å². The van der Waals surface area contributed by atoms with Gasteiger partial charge in [-0.25, -0.2) is 4.79 Å². The molecule has 0 aromatic heterocycles. The third kappa shape index (κ3) is 5.77. The minimum Gasteiger partial charge on any atom is -0.395 e. The molecule has 0 aliphatic heterocycles. The van der Waals surface area contributed by atoms with Gasteiger partial charge in [0.05, 0.1) is 12.6 Å². The predicted octanol–water partition coefficient (Wildman–Crippen LogP) is 2.19. The van der Waals surface area contributed by atoms with Gasteiger partial charge >= 0.3 is 6.03 Å². The fourth-order valence-electron chi connectivity index (χ4n) is 1.69. The third-order valence-corrected chi connectivity index (χ3v) is 2.62. The lowest BCUT2D eigenvalue weighted by Gasteiger charge is -2.16. The zero-order valence-corrected chi connectivity index (χ0v) is 12.2. The van der Waals surface area contributed by atoms with Crippen LogP contribution in [0.15, 0.2) is 24.3 Å². The minimum atomic E-state index is -0.177. The first-order valence-electron chi connectivity index (χ1n) is 6.79. The summed E-state index contributed by atoms with van der Waals surface area (Å²) in [4.78, 5) is 11.7. The van der Waals surface area contributed by atoms with Crippen LogP contribution in [-0.4, -0.2) is 23.8 Å². The number of rotatable bonds is 4. The number of urea groups is 1. The molecule has 0 aliphatic carbocycles. The van der Waals surface area contributed by atoms with Crippen molar-refractivity contribution in [2.24, 2.45) is 0 Å². The first-order valence-corrected chi connectivity index (χ1v) is 6.79. The van der Waals surface area contributed by atoms with E-state index in [1.165, 1.54) is 0 Å². The summed E-state index contributed by atoms with van der Waals surface area (Å²) in [6.45, 7) is 5.84. The zero-order valence-electron chi connectivity index (χ0n) is 12.2. The topological polar surface area (TPSA) is 61.4 Å². The van der Waals surface area contributed by atoms with E-state index in [-0.39, 0.29) is 24.7 Å². The Labute approximate surface area is 120 Å². The molecule has 1 aromatic carbocycles. The average Bonchev–Trinajstić information content (AvgIpc) is 2.38. The maximum absolute atomic E-state index is 11.7. The van der Waals surface area contributed by atoms with E-state index >= 15 is 0 Å². The number of nitrogens with one attached hydrogen (secondary N) is 2. The lowest BCUT2D eigenvalue weighted by atomic mass is 10.1. The van der Waals surface area contributed by atoms with Crippen LogP contribution in [-0.2, 0) is 0 Å². The Kier molecular flexibility index (Phi) is 6.61. The Balaban J connectivity index is 2.69. The van der Waals surface area contributed by atoms with Crippen molar-refractivity contribution in [1.82, 2.24) is 10.6 Å². The fraction of sp³-hybridized carbons (Fsp3) is 0.438. The van der Waals surface area contributed by atoms with Gasteiger partial charge < -0.3 is 15.7 Å². The van der Waals surface area contributed by atoms with E-state index in [1.807, 2.05) is 45.0 Å². The Morgan fingerprint density at radius 2 is 2.05 bits per heavy atom. The second-order valence-corrected chi connectivity index (χ2v) is 4.90. The monoisotopic (exact) mass is 274 g/mol. The van der Waals surface area contributed by atoms with Crippen LogP contribution in [0, 0.1) is 11.8 Å². The molecule has 0 heterocycles. The highest BCUT2D eigenvalue weighted by Gasteiger charge is 2.10. The second kappa shape index (κ2) is 8.23. The first-order chi connectivity index (χ1) is 9.52. The van der Waals surface area contributed by atoms with Crippen molar-refractivity contribution in [2.45, 2.75) is 39.3 Å². The van der Waals surface area contributed by atoms with E-state index in [2.05, 4.69) is 22.5 Å². The van der Waals surface area contributed by atoms with Crippen molar-refractivity contribution in [2.75, 3.05) is 6.61 Å². The van der Waals surface area contributed by atoms with Crippen LogP contribution in [0.1, 0.15) is 44.4 Å². The number of aliphatic hydroxyl groups excluding tert-OH is 1. The smallest absolute Gasteiger partial charge is 0.315 e. The molecule has 1 unspecified atom stereocenters. The van der Waals surface area contributed by atoms with Crippen LogP contribution in [0.3, 0.4) is 0 Å². The van der Waals surface area contributed by atoms with Gasteiger partial charge in [-0.3, -0.25) is 0 Å². The van der Waals surface area contributed by atoms with Crippen molar-refractivity contribution in [3.63, 3.8) is 0 Å². The van der Waals surface area contributed by atoms with E-state index in [0.29, 0.717) is 6.42 Å². The normalized spacial score (nSPS) is 11.4. The van der Waals surface area contributed by atoms with Crippen LogP contribution in [0.5, 0.6) is 0 Å². The molecule has 0 spiro atoms. The first kappa shape index (κ1) is 16.1. The van der Waals surface area contributed by atoms with Gasteiger partial charge in [0.25, 0.3) is 0 Å². The van der Waals surface area contributed by atoms with Gasteiger partial charge in [-0.1, -0.05) is 24.0 Å². The number of hydrogen-bond donors (Lipinski definition) is 3. The Hall–Kier alpha value is -1.99. The lowest BCUT2D eigenvalue weighted by molar-refractivity contribution is 0.235. The minimum absolute atomic E-state index is 0.0695. The largest absolute Gasteiger partial charge is 0.395 e. The van der Waals surface area contributed by atoms with Crippen molar-refractivity contribution in [3.05, 3.63) is 35.4 Å². The summed E-state index contributed by atoms with van der Waals surface area (Å²) in [6.07, 6.45) is 0.467. The Morgan fingerprint density at radius 1 is 1.30 bits per heavy atom. The molecule has 0 bridgehead atoms. The van der Waals surface area contributed by atoms with Gasteiger partial charge in [-0.05, 0) is 38.5 Å². The SMILES string of the molecule is CC(C)NC(=O)NC(C)c1cccc(C#CCCO)c1. The third-order valence-electron chi connectivity index (χ3n) is 2.62. The molecule has 4 nitrogen and oxygen atoms in total. The molecule has 2 amide bonds. The molecule has 1 rings (SSSR count). The number of aliphatic hydroxyl groups is 1. The zero-order chi connectivity index (χ0) is 15.0. The van der Waals surface area contributed by atoms with Crippen LogP contribution >= 0.6 is 0 Å². The molecular weight excluding hydrogens is 252 g/mol. The van der Waals surface area contributed by atoms with Crippen molar-refractivity contribution >= 4 is 6.03 Å². The van der Waals surface area contributed by atoms with Gasteiger partial charge in [0.15, 0.2) is 0 Å². The molecule has 108 valence electrons. The Bertz CT molecular complexity index is 501. The molecule has 0 fully saturated rings. The highest BCUT2D eigenvalue weighted by molar-refractivity contribution is 5.74. The van der Waals surface area contributed by atoms with Crippen LogP contribution < -0.4 is 10.6 Å². The summed E-state index contributed by atoms with van der Waals surface area (Å²) >= 11 is 0. The number of carbonyl (C=O) groups excluding carboxylic acids is 1. The van der Waals surface area contributed by atoms with E-state index in [9.17, 15) is 4.79 Å². The van der Waals surface area contributed by atoms with Gasteiger partial charge in [0.1, 0.15) is 0 Å². The summed E-state index contributed by atoms with van der Waals surface area (Å²) in [6, 6.07) is 7.57. The molecule has 0 aliphatic rings. The number of hydrogen-bond acceptors (Lipinski definition) is 2. The average molecular weight is 274 g/mol. The molecule has 1 atom stereocenters. The fourth-order valence-corrected chi connectivity index (χ4v) is 1.69. The van der Waals surface area contributed by atoms with Crippen LogP contribution in [0.25, 0.3) is 0 Å². The van der Waals surface area contributed by atoms with Gasteiger partial charge in [-0.15, -0.1) is 0 Å². The lowest BCUT2D eigenvalue weighted by Crippen LogP contribution is -2.40. The van der Waals surface area contributed by atoms with Gasteiger partial charge in [0, 0.05) is 18.0 Å². The number of carbonyl (C=O) groups is 1. The van der Waals surface area contributed by atoms with Crippen molar-refractivity contribution in [1.29, 1.82) is 0 Å². The molecule has 1 aromatic rings. The predicted molar refractivity (Wildman–Crippen MR) is 80.2 cm³/mol. The molecule has 0 radical (unpaired) electrons. The van der Waals surface area contributed by atoms with Crippen LogP contribution in [0.2, 0.25) is 0 Å². The molecule has 0 saturated carbocycles. The van der Waals surface area contributed by atoms with E-state index in [0.717, 1.165) is 11.1 Å². The van der Waals surface area contributed by atoms with Crippen molar-refractivity contribution in [3.8, 4) is 11.8 Å². The second-order valence-electron chi connectivity index (χ2n) is 4.90. The molecule has 3 N–H and O–H groups in total. The highest BCUT2D eigenvalue weighted by atomic mass is 16.2. The van der Waals surface area contributed by atoms with Crippen molar-refractivity contribution < 1.29 is 9.90 Å². The molecular formula is C16H22N2O2. The molecule has 0 saturated heterocycles. The van der Waals surface area contributed by atoms with E-state index in [1.54, 1.807) is 0 Å². The maximum Gasteiger partial charge on any atom is 0.315 e. The summed E-state index contributed by atoms with van der Waals surface area (Å²) in [7, 11) is 0.